The van der Waals surface area contributed by atoms with Gasteiger partial charge in [0.15, 0.2) is 0 Å². The van der Waals surface area contributed by atoms with Gasteiger partial charge in [-0.2, -0.15) is 0 Å². The molecule has 2 atom stereocenters. The molecule has 2 unspecified atom stereocenters. The third-order valence-corrected chi connectivity index (χ3v) is 2.77. The Kier molecular flexibility index (Phi) is 2.65. The lowest BCUT2D eigenvalue weighted by Crippen LogP contribution is -2.17. The molecule has 0 saturated heterocycles. The second kappa shape index (κ2) is 3.93. The Morgan fingerprint density at radius 3 is 2.46 bits per heavy atom. The molecular weight excluding hydrogens is 160 g/mol. The van der Waals surface area contributed by atoms with E-state index < -0.39 is 0 Å². The second-order valence-electron chi connectivity index (χ2n) is 3.72. The van der Waals surface area contributed by atoms with Crippen molar-refractivity contribution in [3.63, 3.8) is 0 Å². The van der Waals surface area contributed by atoms with Crippen molar-refractivity contribution in [2.45, 2.75) is 31.3 Å². The summed E-state index contributed by atoms with van der Waals surface area (Å²) in [4.78, 5) is 0. The fourth-order valence-electron chi connectivity index (χ4n) is 1.96. The van der Waals surface area contributed by atoms with Gasteiger partial charge in [0.1, 0.15) is 0 Å². The lowest BCUT2D eigenvalue weighted by atomic mass is 9.83. The van der Waals surface area contributed by atoms with Crippen molar-refractivity contribution >= 4 is 0 Å². The maximum absolute atomic E-state index is 9.32. The van der Waals surface area contributed by atoms with Gasteiger partial charge in [-0.3, -0.25) is 0 Å². The summed E-state index contributed by atoms with van der Waals surface area (Å²) in [5.74, 6) is 0.629. The van der Waals surface area contributed by atoms with Crippen LogP contribution in [-0.2, 0) is 0 Å². The lowest BCUT2D eigenvalue weighted by Gasteiger charge is -2.25. The number of aliphatic hydroxyl groups excluding tert-OH is 1. The quantitative estimate of drug-likeness (QED) is 0.695. The fraction of sp³-hybridized carbons (Fsp3) is 0.417. The fourth-order valence-corrected chi connectivity index (χ4v) is 1.96. The molecule has 13 heavy (non-hydrogen) atoms. The Bertz CT molecular complexity index is 247. The summed E-state index contributed by atoms with van der Waals surface area (Å²) in [6.07, 6.45) is 4.91. The van der Waals surface area contributed by atoms with Gasteiger partial charge in [-0.15, -0.1) is 0 Å². The standard InChI is InChI=1S/C12H15O/c13-12-8-6-11(7-9-12)10-4-2-1-3-5-10/h1-5,8,11-13H,6-7,9H2. The Balaban J connectivity index is 2.03. The molecule has 1 N–H and O–H groups in total. The first-order valence-electron chi connectivity index (χ1n) is 4.92. The molecule has 0 aromatic heterocycles. The van der Waals surface area contributed by atoms with Gasteiger partial charge < -0.3 is 5.11 Å². The number of benzene rings is 1. The molecule has 1 aliphatic rings. The van der Waals surface area contributed by atoms with Gasteiger partial charge in [-0.25, -0.2) is 0 Å². The van der Waals surface area contributed by atoms with E-state index in [0.29, 0.717) is 5.92 Å². The minimum atomic E-state index is -0.167. The van der Waals surface area contributed by atoms with Crippen LogP contribution in [0.2, 0.25) is 0 Å². The van der Waals surface area contributed by atoms with Crippen molar-refractivity contribution in [3.05, 3.63) is 42.3 Å². The van der Waals surface area contributed by atoms with Gasteiger partial charge in [0, 0.05) is 0 Å². The first-order valence-corrected chi connectivity index (χ1v) is 4.92. The Morgan fingerprint density at radius 2 is 1.85 bits per heavy atom. The van der Waals surface area contributed by atoms with Gasteiger partial charge >= 0.3 is 0 Å². The molecule has 1 aromatic rings. The number of aliphatic hydroxyl groups is 1. The summed E-state index contributed by atoms with van der Waals surface area (Å²) in [5, 5.41) is 9.32. The summed E-state index contributed by atoms with van der Waals surface area (Å²) in [6, 6.07) is 10.6. The van der Waals surface area contributed by atoms with Gasteiger partial charge in [-0.05, 0) is 37.2 Å². The first kappa shape index (κ1) is 8.76. The van der Waals surface area contributed by atoms with Crippen molar-refractivity contribution in [2.75, 3.05) is 0 Å². The van der Waals surface area contributed by atoms with E-state index in [1.54, 1.807) is 0 Å². The van der Waals surface area contributed by atoms with Crippen LogP contribution in [0.4, 0.5) is 0 Å². The molecule has 1 aromatic carbocycles. The van der Waals surface area contributed by atoms with Crippen LogP contribution in [0.3, 0.4) is 0 Å². The maximum atomic E-state index is 9.32. The Labute approximate surface area is 79.4 Å². The normalized spacial score (nSPS) is 28.7. The third-order valence-electron chi connectivity index (χ3n) is 2.77. The van der Waals surface area contributed by atoms with Gasteiger partial charge in [-0.1, -0.05) is 30.3 Å². The molecule has 1 saturated carbocycles. The third kappa shape index (κ3) is 2.10. The molecule has 0 spiro atoms. The topological polar surface area (TPSA) is 20.2 Å². The Hall–Kier alpha value is -0.820. The van der Waals surface area contributed by atoms with Crippen LogP contribution in [0.1, 0.15) is 30.7 Å². The van der Waals surface area contributed by atoms with Crippen LogP contribution in [-0.4, -0.2) is 11.2 Å². The van der Waals surface area contributed by atoms with Gasteiger partial charge in [0.2, 0.25) is 0 Å². The maximum Gasteiger partial charge on any atom is 0.0572 e. The average Bonchev–Trinajstić information content (AvgIpc) is 2.20. The van der Waals surface area contributed by atoms with E-state index >= 15 is 0 Å². The number of hydrogen-bond donors (Lipinski definition) is 1. The smallest absolute Gasteiger partial charge is 0.0572 e. The molecule has 2 rings (SSSR count). The molecule has 1 fully saturated rings. The molecule has 1 nitrogen and oxygen atoms in total. The largest absolute Gasteiger partial charge is 0.393 e. The SMILES string of the molecule is OC1[CH]CC(c2ccccc2)CC1. The minimum absolute atomic E-state index is 0.167. The summed E-state index contributed by atoms with van der Waals surface area (Å²) in [5.41, 5.74) is 1.41. The van der Waals surface area contributed by atoms with Crippen LogP contribution in [0.5, 0.6) is 0 Å². The molecule has 1 aliphatic carbocycles. The molecule has 1 radical (unpaired) electrons. The van der Waals surface area contributed by atoms with Gasteiger partial charge in [0.25, 0.3) is 0 Å². The van der Waals surface area contributed by atoms with E-state index in [-0.39, 0.29) is 6.10 Å². The van der Waals surface area contributed by atoms with Crippen LogP contribution < -0.4 is 0 Å². The molecule has 0 heterocycles. The number of hydrogen-bond acceptors (Lipinski definition) is 1. The van der Waals surface area contributed by atoms with E-state index in [9.17, 15) is 5.11 Å². The second-order valence-corrected chi connectivity index (χ2v) is 3.72. The average molecular weight is 175 g/mol. The monoisotopic (exact) mass is 175 g/mol. The summed E-state index contributed by atoms with van der Waals surface area (Å²) in [6.45, 7) is 0. The summed E-state index contributed by atoms with van der Waals surface area (Å²) in [7, 11) is 0. The molecule has 69 valence electrons. The van der Waals surface area contributed by atoms with Crippen molar-refractivity contribution in [2.24, 2.45) is 0 Å². The predicted octanol–water partition coefficient (Wildman–Crippen LogP) is 2.52. The predicted molar refractivity (Wildman–Crippen MR) is 53.3 cm³/mol. The molecule has 1 heteroatoms. The van der Waals surface area contributed by atoms with Crippen molar-refractivity contribution in [1.82, 2.24) is 0 Å². The molecule has 0 bridgehead atoms. The van der Waals surface area contributed by atoms with E-state index in [1.165, 1.54) is 5.56 Å². The van der Waals surface area contributed by atoms with Gasteiger partial charge in [0.05, 0.1) is 6.10 Å². The van der Waals surface area contributed by atoms with Crippen LogP contribution in [0, 0.1) is 6.42 Å². The Morgan fingerprint density at radius 1 is 1.08 bits per heavy atom. The van der Waals surface area contributed by atoms with E-state index in [1.807, 2.05) is 12.5 Å². The number of rotatable bonds is 1. The highest BCUT2D eigenvalue weighted by Crippen LogP contribution is 2.31. The van der Waals surface area contributed by atoms with E-state index in [4.69, 9.17) is 0 Å². The zero-order valence-corrected chi connectivity index (χ0v) is 7.69. The van der Waals surface area contributed by atoms with Crippen molar-refractivity contribution in [1.29, 1.82) is 0 Å². The van der Waals surface area contributed by atoms with Crippen LogP contribution in [0.25, 0.3) is 0 Å². The molecule has 0 aliphatic heterocycles. The van der Waals surface area contributed by atoms with Crippen LogP contribution >= 0.6 is 0 Å². The highest BCUT2D eigenvalue weighted by atomic mass is 16.3. The lowest BCUT2D eigenvalue weighted by molar-refractivity contribution is 0.167. The molecular formula is C12H15O. The summed E-state index contributed by atoms with van der Waals surface area (Å²) >= 11 is 0. The zero-order chi connectivity index (χ0) is 9.10. The van der Waals surface area contributed by atoms with Crippen molar-refractivity contribution < 1.29 is 5.11 Å². The van der Waals surface area contributed by atoms with Crippen LogP contribution in [0.15, 0.2) is 30.3 Å². The molecule has 0 amide bonds. The van der Waals surface area contributed by atoms with Crippen molar-refractivity contribution in [3.8, 4) is 0 Å². The van der Waals surface area contributed by atoms with E-state index in [2.05, 4.69) is 24.3 Å². The minimum Gasteiger partial charge on any atom is -0.393 e. The summed E-state index contributed by atoms with van der Waals surface area (Å²) < 4.78 is 0. The highest BCUT2D eigenvalue weighted by molar-refractivity contribution is 5.20. The highest BCUT2D eigenvalue weighted by Gasteiger charge is 2.20. The van der Waals surface area contributed by atoms with E-state index in [0.717, 1.165) is 19.3 Å². The first-order chi connectivity index (χ1) is 6.36. The zero-order valence-electron chi connectivity index (χ0n) is 7.69.